The molecular weight excluding hydrogens is 288 g/mol. The van der Waals surface area contributed by atoms with Crippen LogP contribution in [-0.2, 0) is 0 Å². The van der Waals surface area contributed by atoms with Crippen molar-refractivity contribution in [2.75, 3.05) is 11.9 Å². The average molecular weight is 305 g/mol. The Morgan fingerprint density at radius 3 is 2.71 bits per heavy atom. The second-order valence-electron chi connectivity index (χ2n) is 4.49. The molecule has 0 unspecified atom stereocenters. The van der Waals surface area contributed by atoms with E-state index in [2.05, 4.69) is 27.5 Å². The van der Waals surface area contributed by atoms with Gasteiger partial charge in [-0.3, -0.25) is 4.79 Å². The summed E-state index contributed by atoms with van der Waals surface area (Å²) < 4.78 is 0. The van der Waals surface area contributed by atoms with Crippen molar-refractivity contribution in [3.63, 3.8) is 0 Å². The van der Waals surface area contributed by atoms with Crippen molar-refractivity contribution in [1.82, 2.24) is 15.3 Å². The van der Waals surface area contributed by atoms with Crippen molar-refractivity contribution in [2.24, 2.45) is 0 Å². The van der Waals surface area contributed by atoms with Gasteiger partial charge in [-0.1, -0.05) is 43.1 Å². The highest BCUT2D eigenvalue weighted by Gasteiger charge is 2.17. The number of nitrogens with zero attached hydrogens (tertiary/aromatic N) is 2. The minimum Gasteiger partial charge on any atom is -0.352 e. The molecule has 0 atom stereocenters. The molecule has 110 valence electrons. The summed E-state index contributed by atoms with van der Waals surface area (Å²) in [6, 6.07) is 9.47. The van der Waals surface area contributed by atoms with Crippen LogP contribution in [0.1, 0.15) is 30.1 Å². The largest absolute Gasteiger partial charge is 0.352 e. The van der Waals surface area contributed by atoms with Crippen LogP contribution in [0, 0.1) is 0 Å². The molecule has 1 heterocycles. The first-order valence-corrected chi connectivity index (χ1v) is 7.21. The number of para-hydroxylation sites is 1. The molecule has 0 saturated carbocycles. The Labute approximate surface area is 128 Å². The van der Waals surface area contributed by atoms with E-state index in [9.17, 15) is 4.79 Å². The molecule has 2 aromatic rings. The van der Waals surface area contributed by atoms with Gasteiger partial charge in [-0.2, -0.15) is 0 Å². The van der Waals surface area contributed by atoms with Crippen LogP contribution in [0.3, 0.4) is 0 Å². The van der Waals surface area contributed by atoms with E-state index < -0.39 is 0 Å². The predicted molar refractivity (Wildman–Crippen MR) is 84.0 cm³/mol. The zero-order valence-electron chi connectivity index (χ0n) is 11.8. The third kappa shape index (κ3) is 4.16. The molecule has 5 nitrogen and oxygen atoms in total. The van der Waals surface area contributed by atoms with Gasteiger partial charge in [0.25, 0.3) is 5.91 Å². The molecule has 0 bridgehead atoms. The molecule has 1 aromatic heterocycles. The Kier molecular flexibility index (Phi) is 5.51. The van der Waals surface area contributed by atoms with Crippen LogP contribution in [0.15, 0.2) is 36.7 Å². The van der Waals surface area contributed by atoms with Crippen LogP contribution in [0.25, 0.3) is 0 Å². The zero-order chi connectivity index (χ0) is 15.1. The Morgan fingerprint density at radius 2 is 2.00 bits per heavy atom. The fourth-order valence-corrected chi connectivity index (χ4v) is 2.00. The van der Waals surface area contributed by atoms with Crippen LogP contribution in [0.5, 0.6) is 0 Å². The number of rotatable bonds is 6. The van der Waals surface area contributed by atoms with Crippen molar-refractivity contribution in [2.45, 2.75) is 19.8 Å². The number of hydrogen-bond acceptors (Lipinski definition) is 4. The van der Waals surface area contributed by atoms with E-state index in [1.807, 2.05) is 30.3 Å². The summed E-state index contributed by atoms with van der Waals surface area (Å²) in [4.78, 5) is 20.2. The SMILES string of the molecule is CCCCNC(=O)c1c(Cl)ncnc1Nc1ccccc1. The maximum atomic E-state index is 12.2. The third-order valence-electron chi connectivity index (χ3n) is 2.88. The van der Waals surface area contributed by atoms with E-state index in [-0.39, 0.29) is 16.6 Å². The van der Waals surface area contributed by atoms with Gasteiger partial charge in [0.2, 0.25) is 0 Å². The number of nitrogens with one attached hydrogen (secondary N) is 2. The Balaban J connectivity index is 2.21. The molecular formula is C15H17ClN4O. The van der Waals surface area contributed by atoms with Gasteiger partial charge in [-0.05, 0) is 18.6 Å². The Morgan fingerprint density at radius 1 is 1.24 bits per heavy atom. The van der Waals surface area contributed by atoms with E-state index in [0.717, 1.165) is 18.5 Å². The lowest BCUT2D eigenvalue weighted by molar-refractivity contribution is 0.0953. The minimum atomic E-state index is -0.271. The van der Waals surface area contributed by atoms with Gasteiger partial charge in [0.1, 0.15) is 22.9 Å². The number of anilines is 2. The van der Waals surface area contributed by atoms with Crippen LogP contribution in [0.4, 0.5) is 11.5 Å². The van der Waals surface area contributed by atoms with Gasteiger partial charge < -0.3 is 10.6 Å². The molecule has 0 aliphatic rings. The molecule has 0 fully saturated rings. The monoisotopic (exact) mass is 304 g/mol. The highest BCUT2D eigenvalue weighted by Crippen LogP contribution is 2.23. The van der Waals surface area contributed by atoms with Gasteiger partial charge >= 0.3 is 0 Å². The molecule has 2 N–H and O–H groups in total. The zero-order valence-corrected chi connectivity index (χ0v) is 12.5. The molecule has 0 saturated heterocycles. The van der Waals surface area contributed by atoms with E-state index in [4.69, 9.17) is 11.6 Å². The summed E-state index contributed by atoms with van der Waals surface area (Å²) >= 11 is 6.05. The maximum Gasteiger partial charge on any atom is 0.258 e. The van der Waals surface area contributed by atoms with E-state index >= 15 is 0 Å². The lowest BCUT2D eigenvalue weighted by Gasteiger charge is -2.11. The van der Waals surface area contributed by atoms with Crippen molar-refractivity contribution in [1.29, 1.82) is 0 Å². The molecule has 0 radical (unpaired) electrons. The van der Waals surface area contributed by atoms with Crippen molar-refractivity contribution in [3.05, 3.63) is 47.4 Å². The smallest absolute Gasteiger partial charge is 0.258 e. The molecule has 2 rings (SSSR count). The first-order chi connectivity index (χ1) is 10.2. The van der Waals surface area contributed by atoms with Crippen LogP contribution >= 0.6 is 11.6 Å². The van der Waals surface area contributed by atoms with Gasteiger partial charge in [-0.25, -0.2) is 9.97 Å². The quantitative estimate of drug-likeness (QED) is 0.634. The van der Waals surface area contributed by atoms with Crippen molar-refractivity contribution >= 4 is 29.0 Å². The number of aromatic nitrogens is 2. The summed E-state index contributed by atoms with van der Waals surface area (Å²) in [6.45, 7) is 2.67. The number of hydrogen-bond donors (Lipinski definition) is 2. The molecule has 0 aliphatic heterocycles. The lowest BCUT2D eigenvalue weighted by Crippen LogP contribution is -2.26. The second-order valence-corrected chi connectivity index (χ2v) is 4.85. The first kappa shape index (κ1) is 15.3. The van der Waals surface area contributed by atoms with Gasteiger partial charge in [0.05, 0.1) is 0 Å². The summed E-state index contributed by atoms with van der Waals surface area (Å²) in [5.74, 6) is 0.127. The maximum absolute atomic E-state index is 12.2. The predicted octanol–water partition coefficient (Wildman–Crippen LogP) is 3.40. The number of benzene rings is 1. The summed E-state index contributed by atoms with van der Waals surface area (Å²) in [7, 11) is 0. The number of unbranched alkanes of at least 4 members (excludes halogenated alkanes) is 1. The second kappa shape index (κ2) is 7.59. The van der Waals surface area contributed by atoms with Crippen LogP contribution < -0.4 is 10.6 Å². The fourth-order valence-electron chi connectivity index (χ4n) is 1.79. The number of carbonyl (C=O) groups is 1. The normalized spacial score (nSPS) is 10.2. The molecule has 1 aromatic carbocycles. The fraction of sp³-hybridized carbons (Fsp3) is 0.267. The van der Waals surface area contributed by atoms with E-state index in [1.165, 1.54) is 6.33 Å². The molecule has 0 spiro atoms. The van der Waals surface area contributed by atoms with Gasteiger partial charge in [-0.15, -0.1) is 0 Å². The van der Waals surface area contributed by atoms with Crippen molar-refractivity contribution in [3.8, 4) is 0 Å². The first-order valence-electron chi connectivity index (χ1n) is 6.83. The Hall–Kier alpha value is -2.14. The third-order valence-corrected chi connectivity index (χ3v) is 3.17. The summed E-state index contributed by atoms with van der Waals surface area (Å²) in [5.41, 5.74) is 1.09. The minimum absolute atomic E-state index is 0.137. The van der Waals surface area contributed by atoms with Gasteiger partial charge in [0.15, 0.2) is 0 Å². The number of halogens is 1. The number of amides is 1. The molecule has 6 heteroatoms. The molecule has 0 aliphatic carbocycles. The van der Waals surface area contributed by atoms with E-state index in [0.29, 0.717) is 12.4 Å². The van der Waals surface area contributed by atoms with Gasteiger partial charge in [0, 0.05) is 12.2 Å². The van der Waals surface area contributed by atoms with Crippen LogP contribution in [-0.4, -0.2) is 22.4 Å². The highest BCUT2D eigenvalue weighted by atomic mass is 35.5. The lowest BCUT2D eigenvalue weighted by atomic mass is 10.2. The average Bonchev–Trinajstić information content (AvgIpc) is 2.48. The summed E-state index contributed by atoms with van der Waals surface area (Å²) in [5, 5.41) is 6.05. The number of carbonyl (C=O) groups excluding carboxylic acids is 1. The molecule has 21 heavy (non-hydrogen) atoms. The van der Waals surface area contributed by atoms with E-state index in [1.54, 1.807) is 0 Å². The highest BCUT2D eigenvalue weighted by molar-refractivity contribution is 6.33. The standard InChI is InChI=1S/C15H17ClN4O/c1-2-3-9-17-15(21)12-13(16)18-10-19-14(12)20-11-7-5-4-6-8-11/h4-8,10H,2-3,9H2,1H3,(H,17,21)(H,18,19,20). The van der Waals surface area contributed by atoms with Crippen molar-refractivity contribution < 1.29 is 4.79 Å². The summed E-state index contributed by atoms with van der Waals surface area (Å²) in [6.07, 6.45) is 3.25. The van der Waals surface area contributed by atoms with Crippen LogP contribution in [0.2, 0.25) is 5.15 Å². The Bertz CT molecular complexity index is 604. The topological polar surface area (TPSA) is 66.9 Å². The molecule has 1 amide bonds.